The molecule has 13 nitrogen and oxygen atoms in total. The van der Waals surface area contributed by atoms with Crippen molar-refractivity contribution in [3.8, 4) is 0 Å². The number of alkyl carbamates (subject to hydrolysis) is 1. The van der Waals surface area contributed by atoms with Crippen LogP contribution in [-0.2, 0) is 32.0 Å². The highest BCUT2D eigenvalue weighted by molar-refractivity contribution is 6.08. The number of rotatable bonds is 11. The van der Waals surface area contributed by atoms with Gasteiger partial charge in [-0.05, 0) is 70.5 Å². The van der Waals surface area contributed by atoms with Crippen molar-refractivity contribution in [2.24, 2.45) is 0 Å². The standard InChI is InChI=1S/C38H44N6O7/c1-6-49-33(45)18-19-42(29-10-8-7-9-11-29)36(46)28-16-17-31-30(23-28)40-35-32(44(21-20-43(31)35)38(48)51-25(4)5)22-26-12-14-27(15-13-26)34(39)41-37(47)50-24(2)3/h7-17,23-25,32H,6,18-22H2,1-5H3,(H2,39,41,47). The summed E-state index contributed by atoms with van der Waals surface area (Å²) in [7, 11) is 0. The van der Waals surface area contributed by atoms with E-state index in [1.165, 1.54) is 0 Å². The highest BCUT2D eigenvalue weighted by Crippen LogP contribution is 2.33. The topological polar surface area (TPSA) is 156 Å². The van der Waals surface area contributed by atoms with Crippen LogP contribution in [0.3, 0.4) is 0 Å². The van der Waals surface area contributed by atoms with E-state index >= 15 is 0 Å². The summed E-state index contributed by atoms with van der Waals surface area (Å²) < 4.78 is 17.9. The lowest BCUT2D eigenvalue weighted by molar-refractivity contribution is -0.142. The van der Waals surface area contributed by atoms with Crippen LogP contribution in [0, 0.1) is 5.41 Å². The summed E-state index contributed by atoms with van der Waals surface area (Å²) in [6.07, 6.45) is -1.34. The first-order chi connectivity index (χ1) is 24.4. The second kappa shape index (κ2) is 16.3. The lowest BCUT2D eigenvalue weighted by Crippen LogP contribution is -2.44. The number of fused-ring (bicyclic) bond motifs is 3. The molecule has 268 valence electrons. The average Bonchev–Trinajstić information content (AvgIpc) is 3.47. The molecule has 4 aromatic rings. The number of esters is 1. The molecule has 1 unspecified atom stereocenters. The molecule has 0 saturated heterocycles. The van der Waals surface area contributed by atoms with Crippen molar-refractivity contribution in [1.82, 2.24) is 19.8 Å². The van der Waals surface area contributed by atoms with E-state index in [1.54, 1.807) is 68.7 Å². The first kappa shape index (κ1) is 36.6. The number of hydrogen-bond donors (Lipinski definition) is 2. The minimum Gasteiger partial charge on any atom is -0.466 e. The van der Waals surface area contributed by atoms with Crippen LogP contribution < -0.4 is 10.2 Å². The smallest absolute Gasteiger partial charge is 0.413 e. The van der Waals surface area contributed by atoms with Crippen LogP contribution in [0.1, 0.15) is 74.4 Å². The maximum atomic E-state index is 14.0. The molecule has 0 spiro atoms. The monoisotopic (exact) mass is 696 g/mol. The lowest BCUT2D eigenvalue weighted by atomic mass is 10.0. The van der Waals surface area contributed by atoms with Crippen LogP contribution in [0.4, 0.5) is 15.3 Å². The van der Waals surface area contributed by atoms with Crippen LogP contribution in [0.25, 0.3) is 11.0 Å². The number of benzene rings is 3. The fourth-order valence-corrected chi connectivity index (χ4v) is 5.96. The molecule has 1 aliphatic heterocycles. The fourth-order valence-electron chi connectivity index (χ4n) is 5.96. The van der Waals surface area contributed by atoms with Crippen LogP contribution in [-0.4, -0.2) is 76.3 Å². The predicted octanol–water partition coefficient (Wildman–Crippen LogP) is 6.24. The zero-order valence-corrected chi connectivity index (χ0v) is 29.5. The highest BCUT2D eigenvalue weighted by atomic mass is 16.6. The van der Waals surface area contributed by atoms with Gasteiger partial charge in [-0.3, -0.25) is 25.2 Å². The third kappa shape index (κ3) is 8.91. The Labute approximate surface area is 297 Å². The summed E-state index contributed by atoms with van der Waals surface area (Å²) in [5.41, 5.74) is 3.85. The Hall–Kier alpha value is -5.72. The maximum Gasteiger partial charge on any atom is 0.413 e. The van der Waals surface area contributed by atoms with Gasteiger partial charge in [-0.25, -0.2) is 14.6 Å². The Kier molecular flexibility index (Phi) is 11.7. The molecule has 0 radical (unpaired) electrons. The summed E-state index contributed by atoms with van der Waals surface area (Å²) in [6.45, 7) is 10.1. The predicted molar refractivity (Wildman–Crippen MR) is 192 cm³/mol. The van der Waals surface area contributed by atoms with E-state index < -0.39 is 18.2 Å². The van der Waals surface area contributed by atoms with E-state index in [9.17, 15) is 19.2 Å². The average molecular weight is 697 g/mol. The molecule has 2 heterocycles. The third-order valence-electron chi connectivity index (χ3n) is 8.23. The molecular weight excluding hydrogens is 652 g/mol. The Morgan fingerprint density at radius 3 is 2.27 bits per heavy atom. The Balaban J connectivity index is 1.44. The summed E-state index contributed by atoms with van der Waals surface area (Å²) >= 11 is 0. The normalized spacial score (nSPS) is 13.9. The van der Waals surface area contributed by atoms with Crippen LogP contribution in [0.2, 0.25) is 0 Å². The number of imidazole rings is 1. The Bertz CT molecular complexity index is 1890. The minimum atomic E-state index is -0.700. The van der Waals surface area contributed by atoms with Crippen LogP contribution in [0.5, 0.6) is 0 Å². The molecule has 0 saturated carbocycles. The van der Waals surface area contributed by atoms with E-state index in [0.29, 0.717) is 47.7 Å². The molecule has 1 atom stereocenters. The van der Waals surface area contributed by atoms with Crippen molar-refractivity contribution >= 4 is 46.6 Å². The molecular formula is C38H44N6O7. The summed E-state index contributed by atoms with van der Waals surface area (Å²) in [6, 6.07) is 21.2. The quantitative estimate of drug-likeness (QED) is 0.0808. The van der Waals surface area contributed by atoms with Crippen LogP contribution >= 0.6 is 0 Å². The minimum absolute atomic E-state index is 0.0444. The summed E-state index contributed by atoms with van der Waals surface area (Å²) in [5.74, 6) is -0.106. The summed E-state index contributed by atoms with van der Waals surface area (Å²) in [4.78, 5) is 59.7. The Morgan fingerprint density at radius 1 is 0.922 bits per heavy atom. The zero-order valence-electron chi connectivity index (χ0n) is 29.5. The van der Waals surface area contributed by atoms with Crippen LogP contribution in [0.15, 0.2) is 72.8 Å². The number of hydrogen-bond acceptors (Lipinski definition) is 9. The van der Waals surface area contributed by atoms with Gasteiger partial charge in [0.1, 0.15) is 11.7 Å². The van der Waals surface area contributed by atoms with Crippen molar-refractivity contribution in [1.29, 1.82) is 5.41 Å². The number of amides is 3. The van der Waals surface area contributed by atoms with E-state index in [0.717, 1.165) is 11.1 Å². The molecule has 3 aromatic carbocycles. The van der Waals surface area contributed by atoms with E-state index in [-0.39, 0.29) is 49.5 Å². The number of aromatic nitrogens is 2. The van der Waals surface area contributed by atoms with Crippen molar-refractivity contribution in [2.45, 2.75) is 72.3 Å². The summed E-state index contributed by atoms with van der Waals surface area (Å²) in [5, 5.41) is 10.7. The number of carbonyl (C=O) groups is 4. The van der Waals surface area contributed by atoms with Gasteiger partial charge in [-0.1, -0.05) is 42.5 Å². The largest absolute Gasteiger partial charge is 0.466 e. The van der Waals surface area contributed by atoms with Gasteiger partial charge in [0.2, 0.25) is 0 Å². The first-order valence-corrected chi connectivity index (χ1v) is 17.1. The molecule has 13 heteroatoms. The van der Waals surface area contributed by atoms with Gasteiger partial charge in [-0.15, -0.1) is 0 Å². The van der Waals surface area contributed by atoms with E-state index in [2.05, 4.69) is 9.88 Å². The number of carbonyl (C=O) groups excluding carboxylic acids is 4. The van der Waals surface area contributed by atoms with Gasteiger partial charge in [0.25, 0.3) is 5.91 Å². The molecule has 5 rings (SSSR count). The molecule has 0 aliphatic carbocycles. The molecule has 51 heavy (non-hydrogen) atoms. The molecule has 2 N–H and O–H groups in total. The van der Waals surface area contributed by atoms with E-state index in [1.807, 2.05) is 48.5 Å². The number of amidine groups is 1. The number of nitrogens with one attached hydrogen (secondary N) is 2. The maximum absolute atomic E-state index is 14.0. The van der Waals surface area contributed by atoms with Gasteiger partial charge in [0.05, 0.1) is 42.3 Å². The molecule has 0 fully saturated rings. The highest BCUT2D eigenvalue weighted by Gasteiger charge is 2.35. The second-order valence-corrected chi connectivity index (χ2v) is 12.7. The zero-order chi connectivity index (χ0) is 36.7. The molecule has 0 bridgehead atoms. The first-order valence-electron chi connectivity index (χ1n) is 17.1. The van der Waals surface area contributed by atoms with Gasteiger partial charge in [0, 0.05) is 42.9 Å². The Morgan fingerprint density at radius 2 is 1.61 bits per heavy atom. The van der Waals surface area contributed by atoms with Crippen molar-refractivity contribution in [3.63, 3.8) is 0 Å². The van der Waals surface area contributed by atoms with Gasteiger partial charge < -0.3 is 23.7 Å². The molecule has 1 aliphatic rings. The van der Waals surface area contributed by atoms with Crippen molar-refractivity contribution < 1.29 is 33.4 Å². The van der Waals surface area contributed by atoms with Crippen molar-refractivity contribution in [2.75, 3.05) is 24.6 Å². The van der Waals surface area contributed by atoms with Gasteiger partial charge in [-0.2, -0.15) is 0 Å². The van der Waals surface area contributed by atoms with Gasteiger partial charge >= 0.3 is 18.2 Å². The van der Waals surface area contributed by atoms with E-state index in [4.69, 9.17) is 24.6 Å². The lowest BCUT2D eigenvalue weighted by Gasteiger charge is -2.36. The number of anilines is 1. The number of para-hydroxylation sites is 1. The van der Waals surface area contributed by atoms with Crippen molar-refractivity contribution in [3.05, 3.63) is 95.3 Å². The fraction of sp³-hybridized carbons (Fsp3) is 0.368. The van der Waals surface area contributed by atoms with Gasteiger partial charge in [0.15, 0.2) is 0 Å². The second-order valence-electron chi connectivity index (χ2n) is 12.7. The number of nitrogens with zero attached hydrogens (tertiary/aromatic N) is 4. The third-order valence-corrected chi connectivity index (χ3v) is 8.23. The SMILES string of the molecule is CCOC(=O)CCN(C(=O)c1ccc2c(c1)nc1n2CCN(C(=O)OC(C)C)C1Cc1ccc(C(=N)NC(=O)OC(C)C)cc1)c1ccccc1. The molecule has 1 aromatic heterocycles. The molecule has 3 amide bonds. The number of ether oxygens (including phenoxy) is 3.